The van der Waals surface area contributed by atoms with E-state index in [2.05, 4.69) is 0 Å². The Morgan fingerprint density at radius 1 is 0.667 bits per heavy atom. The van der Waals surface area contributed by atoms with Gasteiger partial charge in [0.25, 0.3) is 0 Å². The molecule has 0 bridgehead atoms. The van der Waals surface area contributed by atoms with E-state index in [0.29, 0.717) is 0 Å². The first kappa shape index (κ1) is 20.8. The second-order valence-corrected chi connectivity index (χ2v) is 4.31. The number of hydrogen-bond acceptors (Lipinski definition) is 2. The third kappa shape index (κ3) is 14.4. The minimum atomic E-state index is -0.667. The van der Waals surface area contributed by atoms with Gasteiger partial charge in [-0.3, -0.25) is 0 Å². The SMILES string of the molecule is CCC(C)([O-])CC.CCC(C)([O-])CC.[Cu+2]. The molecule has 0 N–H and O–H groups in total. The zero-order valence-electron chi connectivity index (χ0n) is 10.9. The van der Waals surface area contributed by atoms with Crippen LogP contribution in [0.4, 0.5) is 0 Å². The van der Waals surface area contributed by atoms with E-state index < -0.39 is 11.2 Å². The normalized spacial score (nSPS) is 11.2. The Kier molecular flexibility index (Phi) is 13.4. The van der Waals surface area contributed by atoms with Crippen molar-refractivity contribution in [2.75, 3.05) is 0 Å². The molecule has 0 fully saturated rings. The van der Waals surface area contributed by atoms with Crippen LogP contribution in [-0.4, -0.2) is 11.2 Å². The van der Waals surface area contributed by atoms with Crippen molar-refractivity contribution >= 4 is 0 Å². The van der Waals surface area contributed by atoms with E-state index in [-0.39, 0.29) is 17.1 Å². The molecule has 1 radical (unpaired) electrons. The van der Waals surface area contributed by atoms with Crippen molar-refractivity contribution in [3.63, 3.8) is 0 Å². The second kappa shape index (κ2) is 9.65. The summed E-state index contributed by atoms with van der Waals surface area (Å²) in [5.74, 6) is 0. The molecule has 0 aliphatic rings. The van der Waals surface area contributed by atoms with Crippen molar-refractivity contribution in [3.8, 4) is 0 Å². The van der Waals surface area contributed by atoms with E-state index in [1.165, 1.54) is 0 Å². The average Bonchev–Trinajstić information content (AvgIpc) is 2.19. The maximum Gasteiger partial charge on any atom is 2.00 e. The van der Waals surface area contributed by atoms with E-state index in [1.54, 1.807) is 13.8 Å². The van der Waals surface area contributed by atoms with E-state index in [9.17, 15) is 10.2 Å². The molecule has 0 spiro atoms. The Labute approximate surface area is 106 Å². The molecule has 0 aliphatic heterocycles. The summed E-state index contributed by atoms with van der Waals surface area (Å²) in [4.78, 5) is 0. The monoisotopic (exact) mass is 265 g/mol. The van der Waals surface area contributed by atoms with Crippen LogP contribution in [0.5, 0.6) is 0 Å². The second-order valence-electron chi connectivity index (χ2n) is 4.31. The quantitative estimate of drug-likeness (QED) is 0.729. The summed E-state index contributed by atoms with van der Waals surface area (Å²) >= 11 is 0. The maximum atomic E-state index is 10.8. The predicted octanol–water partition coefficient (Wildman–Crippen LogP) is 1.85. The smallest absolute Gasteiger partial charge is 0.850 e. The van der Waals surface area contributed by atoms with E-state index in [1.807, 2.05) is 27.7 Å². The molecule has 0 amide bonds. The summed E-state index contributed by atoms with van der Waals surface area (Å²) in [6.45, 7) is 11.2. The molecule has 2 nitrogen and oxygen atoms in total. The Morgan fingerprint density at radius 2 is 0.800 bits per heavy atom. The minimum absolute atomic E-state index is 0. The molecule has 0 aliphatic carbocycles. The van der Waals surface area contributed by atoms with Gasteiger partial charge in [-0.25, -0.2) is 0 Å². The minimum Gasteiger partial charge on any atom is -0.850 e. The molecule has 15 heavy (non-hydrogen) atoms. The summed E-state index contributed by atoms with van der Waals surface area (Å²) in [5.41, 5.74) is -1.33. The van der Waals surface area contributed by atoms with Gasteiger partial charge in [-0.2, -0.15) is 0 Å². The van der Waals surface area contributed by atoms with Crippen molar-refractivity contribution in [2.45, 2.75) is 78.4 Å². The van der Waals surface area contributed by atoms with Gasteiger partial charge in [0, 0.05) is 0 Å². The zero-order valence-corrected chi connectivity index (χ0v) is 11.9. The Bertz CT molecular complexity index is 106. The fraction of sp³-hybridized carbons (Fsp3) is 1.00. The molecule has 97 valence electrons. The summed E-state index contributed by atoms with van der Waals surface area (Å²) < 4.78 is 0. The molecule has 0 heterocycles. The molecule has 0 atom stereocenters. The number of hydrogen-bond donors (Lipinski definition) is 0. The largest absolute Gasteiger partial charge is 2.00 e. The molecule has 0 aromatic rings. The Balaban J connectivity index is -0.000000180. The van der Waals surface area contributed by atoms with Crippen LogP contribution in [0.25, 0.3) is 0 Å². The summed E-state index contributed by atoms with van der Waals surface area (Å²) in [5, 5.41) is 21.7. The van der Waals surface area contributed by atoms with E-state index in [0.717, 1.165) is 25.7 Å². The van der Waals surface area contributed by atoms with Gasteiger partial charge < -0.3 is 10.2 Å². The molecule has 0 saturated heterocycles. The van der Waals surface area contributed by atoms with Crippen LogP contribution in [0.15, 0.2) is 0 Å². The van der Waals surface area contributed by atoms with Crippen molar-refractivity contribution < 1.29 is 27.3 Å². The Morgan fingerprint density at radius 3 is 0.800 bits per heavy atom. The van der Waals surface area contributed by atoms with Gasteiger partial charge in [0.15, 0.2) is 0 Å². The molecule has 0 rings (SSSR count). The first-order valence-electron chi connectivity index (χ1n) is 5.65. The van der Waals surface area contributed by atoms with Crippen LogP contribution in [-0.2, 0) is 17.1 Å². The van der Waals surface area contributed by atoms with E-state index in [4.69, 9.17) is 0 Å². The molecule has 0 unspecified atom stereocenters. The van der Waals surface area contributed by atoms with Gasteiger partial charge in [0.05, 0.1) is 0 Å². The summed E-state index contributed by atoms with van der Waals surface area (Å²) in [7, 11) is 0. The summed E-state index contributed by atoms with van der Waals surface area (Å²) in [6, 6.07) is 0. The molecular weight excluding hydrogens is 240 g/mol. The van der Waals surface area contributed by atoms with Crippen LogP contribution >= 0.6 is 0 Å². The maximum absolute atomic E-state index is 10.8. The van der Waals surface area contributed by atoms with Crippen LogP contribution in [0.1, 0.15) is 67.2 Å². The molecular formula is C12H26CuO2. The predicted molar refractivity (Wildman–Crippen MR) is 58.0 cm³/mol. The van der Waals surface area contributed by atoms with Crippen LogP contribution in [0.3, 0.4) is 0 Å². The van der Waals surface area contributed by atoms with Gasteiger partial charge in [-0.15, -0.1) is 11.2 Å². The van der Waals surface area contributed by atoms with Crippen LogP contribution in [0, 0.1) is 0 Å². The first-order chi connectivity index (χ1) is 6.24. The molecule has 3 heteroatoms. The zero-order chi connectivity index (χ0) is 11.8. The standard InChI is InChI=1S/2C6H13O.Cu/c2*1-4-6(3,7)5-2;/h2*4-5H2,1-3H3;/q2*-1;+2. The Hall–Kier alpha value is 0.439. The molecule has 0 aromatic carbocycles. The average molecular weight is 266 g/mol. The first-order valence-corrected chi connectivity index (χ1v) is 5.65. The van der Waals surface area contributed by atoms with Crippen LogP contribution in [0.2, 0.25) is 0 Å². The third-order valence-corrected chi connectivity index (χ3v) is 2.99. The molecule has 0 aromatic heterocycles. The van der Waals surface area contributed by atoms with Crippen molar-refractivity contribution in [2.24, 2.45) is 0 Å². The van der Waals surface area contributed by atoms with Crippen molar-refractivity contribution in [1.82, 2.24) is 0 Å². The number of rotatable bonds is 4. The van der Waals surface area contributed by atoms with Gasteiger partial charge in [-0.05, 0) is 0 Å². The van der Waals surface area contributed by atoms with Crippen molar-refractivity contribution in [3.05, 3.63) is 0 Å². The van der Waals surface area contributed by atoms with Gasteiger partial charge in [0.2, 0.25) is 0 Å². The van der Waals surface area contributed by atoms with Gasteiger partial charge >= 0.3 is 17.1 Å². The fourth-order valence-electron chi connectivity index (χ4n) is 0.500. The van der Waals surface area contributed by atoms with E-state index >= 15 is 0 Å². The fourth-order valence-corrected chi connectivity index (χ4v) is 0.500. The van der Waals surface area contributed by atoms with Gasteiger partial charge in [-0.1, -0.05) is 67.2 Å². The summed E-state index contributed by atoms with van der Waals surface area (Å²) in [6.07, 6.45) is 2.96. The van der Waals surface area contributed by atoms with Crippen LogP contribution < -0.4 is 10.2 Å². The van der Waals surface area contributed by atoms with Gasteiger partial charge in [0.1, 0.15) is 0 Å². The third-order valence-electron chi connectivity index (χ3n) is 2.99. The van der Waals surface area contributed by atoms with Crippen molar-refractivity contribution in [1.29, 1.82) is 0 Å². The molecule has 0 saturated carbocycles. The topological polar surface area (TPSA) is 46.1 Å².